The number of nitrogens with zero attached hydrogens (tertiary/aromatic N) is 2. The fourth-order valence-corrected chi connectivity index (χ4v) is 2.35. The second-order valence-electron chi connectivity index (χ2n) is 3.00. The third kappa shape index (κ3) is 3.31. The highest BCUT2D eigenvalue weighted by atomic mass is 32.2. The third-order valence-corrected chi connectivity index (χ3v) is 3.41. The van der Waals surface area contributed by atoms with Crippen LogP contribution >= 0.6 is 0 Å². The summed E-state index contributed by atoms with van der Waals surface area (Å²) in [5.41, 5.74) is 5.75. The molecule has 0 aromatic carbocycles. The molecule has 15 heavy (non-hydrogen) atoms. The molecule has 0 saturated heterocycles. The van der Waals surface area contributed by atoms with Gasteiger partial charge in [0.2, 0.25) is 0 Å². The van der Waals surface area contributed by atoms with E-state index in [2.05, 4.69) is 4.98 Å². The van der Waals surface area contributed by atoms with Crippen molar-refractivity contribution in [2.75, 3.05) is 12.3 Å². The van der Waals surface area contributed by atoms with Crippen LogP contribution < -0.4 is 5.73 Å². The summed E-state index contributed by atoms with van der Waals surface area (Å²) in [6, 6.07) is 5.04. The topological polar surface area (TPSA) is 96.8 Å². The Hall–Kier alpha value is -1.45. The largest absolute Gasteiger partial charge is 0.329 e. The highest BCUT2D eigenvalue weighted by molar-refractivity contribution is 7.90. The number of aromatic nitrogens is 1. The van der Waals surface area contributed by atoms with E-state index in [1.165, 1.54) is 6.20 Å². The standard InChI is InChI=1S/C9H11N3O2S/c10-3-5-15(13,14)7-8-2-1-4-12-9(8)6-11/h1-2,4H,3,5,7,10H2. The fourth-order valence-electron chi connectivity index (χ4n) is 1.14. The van der Waals surface area contributed by atoms with Crippen molar-refractivity contribution in [2.24, 2.45) is 5.73 Å². The Morgan fingerprint density at radius 2 is 2.27 bits per heavy atom. The summed E-state index contributed by atoms with van der Waals surface area (Å²) in [6.45, 7) is 0.0878. The Balaban J connectivity index is 2.96. The minimum absolute atomic E-state index is 0.0766. The minimum Gasteiger partial charge on any atom is -0.329 e. The number of pyridine rings is 1. The van der Waals surface area contributed by atoms with Gasteiger partial charge in [0.1, 0.15) is 11.8 Å². The molecule has 0 spiro atoms. The van der Waals surface area contributed by atoms with E-state index in [1.54, 1.807) is 12.1 Å². The number of sulfone groups is 1. The molecule has 0 bridgehead atoms. The summed E-state index contributed by atoms with van der Waals surface area (Å²) in [5.74, 6) is -0.256. The second-order valence-corrected chi connectivity index (χ2v) is 5.19. The van der Waals surface area contributed by atoms with Crippen LogP contribution in [-0.4, -0.2) is 25.7 Å². The van der Waals surface area contributed by atoms with Gasteiger partial charge in [-0.2, -0.15) is 5.26 Å². The van der Waals surface area contributed by atoms with Crippen LogP contribution in [0.1, 0.15) is 11.3 Å². The van der Waals surface area contributed by atoms with Crippen LogP contribution in [0, 0.1) is 11.3 Å². The molecule has 0 aliphatic carbocycles. The first-order valence-corrected chi connectivity index (χ1v) is 6.15. The maximum Gasteiger partial charge on any atom is 0.155 e. The van der Waals surface area contributed by atoms with Gasteiger partial charge in [0.05, 0.1) is 11.5 Å². The number of nitrogens with two attached hydrogens (primary N) is 1. The van der Waals surface area contributed by atoms with Crippen molar-refractivity contribution >= 4 is 9.84 Å². The van der Waals surface area contributed by atoms with E-state index >= 15 is 0 Å². The monoisotopic (exact) mass is 225 g/mol. The van der Waals surface area contributed by atoms with Crippen molar-refractivity contribution in [3.63, 3.8) is 0 Å². The maximum absolute atomic E-state index is 11.5. The molecule has 1 heterocycles. The van der Waals surface area contributed by atoms with Gasteiger partial charge in [-0.25, -0.2) is 13.4 Å². The molecular weight excluding hydrogens is 214 g/mol. The smallest absolute Gasteiger partial charge is 0.155 e. The first-order chi connectivity index (χ1) is 7.09. The molecule has 80 valence electrons. The average molecular weight is 225 g/mol. The van der Waals surface area contributed by atoms with Gasteiger partial charge < -0.3 is 5.73 Å². The van der Waals surface area contributed by atoms with Crippen LogP contribution in [0.4, 0.5) is 0 Å². The molecule has 2 N–H and O–H groups in total. The lowest BCUT2D eigenvalue weighted by atomic mass is 10.2. The van der Waals surface area contributed by atoms with E-state index < -0.39 is 9.84 Å². The number of nitriles is 1. The van der Waals surface area contributed by atoms with Crippen LogP contribution in [-0.2, 0) is 15.6 Å². The van der Waals surface area contributed by atoms with E-state index in [0.29, 0.717) is 5.56 Å². The molecule has 0 aliphatic rings. The van der Waals surface area contributed by atoms with Crippen LogP contribution in [0.5, 0.6) is 0 Å². The molecule has 0 radical (unpaired) electrons. The molecule has 0 amide bonds. The Labute approximate surface area is 88.5 Å². The van der Waals surface area contributed by atoms with E-state index in [0.717, 1.165) is 0 Å². The van der Waals surface area contributed by atoms with Crippen LogP contribution in [0.25, 0.3) is 0 Å². The fraction of sp³-hybridized carbons (Fsp3) is 0.333. The van der Waals surface area contributed by atoms with Crippen LogP contribution in [0.2, 0.25) is 0 Å². The molecule has 0 saturated carbocycles. The average Bonchev–Trinajstić information content (AvgIpc) is 2.17. The molecule has 0 unspecified atom stereocenters. The molecule has 0 fully saturated rings. The number of hydrogen-bond acceptors (Lipinski definition) is 5. The lowest BCUT2D eigenvalue weighted by molar-refractivity contribution is 0.595. The van der Waals surface area contributed by atoms with Crippen molar-refractivity contribution in [3.8, 4) is 6.07 Å². The molecule has 0 aliphatic heterocycles. The summed E-state index contributed by atoms with van der Waals surface area (Å²) in [5, 5.41) is 8.71. The van der Waals surface area contributed by atoms with Crippen LogP contribution in [0.3, 0.4) is 0 Å². The molecule has 1 aromatic heterocycles. The van der Waals surface area contributed by atoms with Gasteiger partial charge in [-0.3, -0.25) is 0 Å². The third-order valence-electron chi connectivity index (χ3n) is 1.80. The zero-order valence-electron chi connectivity index (χ0n) is 8.05. The quantitative estimate of drug-likeness (QED) is 0.767. The Morgan fingerprint density at radius 1 is 1.53 bits per heavy atom. The zero-order valence-corrected chi connectivity index (χ0v) is 8.87. The van der Waals surface area contributed by atoms with E-state index in [4.69, 9.17) is 11.0 Å². The van der Waals surface area contributed by atoms with Gasteiger partial charge in [-0.1, -0.05) is 6.07 Å². The summed E-state index contributed by atoms with van der Waals surface area (Å²) < 4.78 is 22.9. The molecule has 1 rings (SSSR count). The maximum atomic E-state index is 11.5. The van der Waals surface area contributed by atoms with Crippen molar-refractivity contribution in [1.82, 2.24) is 4.98 Å². The van der Waals surface area contributed by atoms with Crippen molar-refractivity contribution < 1.29 is 8.42 Å². The van der Waals surface area contributed by atoms with Gasteiger partial charge in [0.15, 0.2) is 9.84 Å². The zero-order chi connectivity index (χ0) is 11.3. The SMILES string of the molecule is N#Cc1ncccc1CS(=O)(=O)CCN. The molecular formula is C9H11N3O2S. The molecule has 1 aromatic rings. The highest BCUT2D eigenvalue weighted by Gasteiger charge is 2.13. The normalized spacial score (nSPS) is 10.9. The van der Waals surface area contributed by atoms with Gasteiger partial charge in [0, 0.05) is 18.3 Å². The van der Waals surface area contributed by atoms with Crippen LogP contribution in [0.15, 0.2) is 18.3 Å². The lowest BCUT2D eigenvalue weighted by Crippen LogP contribution is -2.17. The minimum atomic E-state index is -3.23. The Morgan fingerprint density at radius 3 is 2.87 bits per heavy atom. The summed E-state index contributed by atoms with van der Waals surface area (Å²) in [6.07, 6.45) is 1.46. The predicted octanol–water partition coefficient (Wildman–Crippen LogP) is -0.173. The summed E-state index contributed by atoms with van der Waals surface area (Å²) >= 11 is 0. The lowest BCUT2D eigenvalue weighted by Gasteiger charge is -2.03. The molecule has 5 nitrogen and oxygen atoms in total. The van der Waals surface area contributed by atoms with Gasteiger partial charge in [-0.05, 0) is 6.07 Å². The molecule has 6 heteroatoms. The Bertz CT molecular complexity index is 476. The van der Waals surface area contributed by atoms with Gasteiger partial charge >= 0.3 is 0 Å². The number of hydrogen-bond donors (Lipinski definition) is 1. The van der Waals surface area contributed by atoms with Crippen molar-refractivity contribution in [2.45, 2.75) is 5.75 Å². The highest BCUT2D eigenvalue weighted by Crippen LogP contribution is 2.09. The number of rotatable bonds is 4. The van der Waals surface area contributed by atoms with E-state index in [9.17, 15) is 8.42 Å². The van der Waals surface area contributed by atoms with E-state index in [-0.39, 0.29) is 23.7 Å². The van der Waals surface area contributed by atoms with Gasteiger partial charge in [0.25, 0.3) is 0 Å². The predicted molar refractivity (Wildman–Crippen MR) is 55.5 cm³/mol. The second kappa shape index (κ2) is 4.87. The van der Waals surface area contributed by atoms with Crippen molar-refractivity contribution in [1.29, 1.82) is 5.26 Å². The summed E-state index contributed by atoms with van der Waals surface area (Å²) in [7, 11) is -3.23. The summed E-state index contributed by atoms with van der Waals surface area (Å²) in [4.78, 5) is 3.78. The Kier molecular flexibility index (Phi) is 3.77. The first kappa shape index (κ1) is 11.6. The molecule has 0 atom stereocenters. The first-order valence-electron chi connectivity index (χ1n) is 4.33. The van der Waals surface area contributed by atoms with Crippen molar-refractivity contribution in [3.05, 3.63) is 29.6 Å². The van der Waals surface area contributed by atoms with E-state index in [1.807, 2.05) is 6.07 Å². The van der Waals surface area contributed by atoms with Gasteiger partial charge in [-0.15, -0.1) is 0 Å².